The van der Waals surface area contributed by atoms with Gasteiger partial charge in [0, 0.05) is 10.7 Å². The van der Waals surface area contributed by atoms with Gasteiger partial charge in [-0.05, 0) is 56.3 Å². The molecule has 2 aromatic rings. The summed E-state index contributed by atoms with van der Waals surface area (Å²) in [6.07, 6.45) is 0. The number of amides is 2. The van der Waals surface area contributed by atoms with Gasteiger partial charge in [0.1, 0.15) is 12.3 Å². The number of halogens is 1. The number of benzene rings is 2. The van der Waals surface area contributed by atoms with Crippen LogP contribution in [0, 0.1) is 0 Å². The summed E-state index contributed by atoms with van der Waals surface area (Å²) in [5.74, 6) is -1.68. The van der Waals surface area contributed by atoms with Crippen molar-refractivity contribution in [3.8, 4) is 5.75 Å². The second-order valence-electron chi connectivity index (χ2n) is 6.55. The molecule has 0 fully saturated rings. The van der Waals surface area contributed by atoms with E-state index < -0.39 is 23.4 Å². The predicted octanol–water partition coefficient (Wildman–Crippen LogP) is 3.18. The average molecular weight is 389 g/mol. The van der Waals surface area contributed by atoms with Crippen LogP contribution < -0.4 is 15.0 Å². The standard InChI is InChI=1S/C19H17ClN2O5/c1-19(2)18(26)22(10-16(23)21-13-6-4-12(20)5-7-13)14-8-3-11(17(24)25)9-15(14)27-19/h3-9H,10H2,1-2H3,(H,21,23)(H,24,25). The number of nitrogens with zero attached hydrogens (tertiary/aromatic N) is 1. The quantitative estimate of drug-likeness (QED) is 0.838. The van der Waals surface area contributed by atoms with Crippen molar-refractivity contribution >= 4 is 40.8 Å². The highest BCUT2D eigenvalue weighted by molar-refractivity contribution is 6.30. The lowest BCUT2D eigenvalue weighted by Crippen LogP contribution is -2.54. The number of fused-ring (bicyclic) bond motifs is 1. The molecule has 0 radical (unpaired) electrons. The number of carboxylic acids is 1. The number of hydrogen-bond donors (Lipinski definition) is 2. The zero-order valence-electron chi connectivity index (χ0n) is 14.7. The predicted molar refractivity (Wildman–Crippen MR) is 101 cm³/mol. The van der Waals surface area contributed by atoms with E-state index in [1.807, 2.05) is 0 Å². The molecule has 1 aliphatic heterocycles. The third kappa shape index (κ3) is 3.88. The van der Waals surface area contributed by atoms with Crippen LogP contribution in [0.5, 0.6) is 5.75 Å². The minimum Gasteiger partial charge on any atom is -0.478 e. The molecule has 0 aromatic heterocycles. The van der Waals surface area contributed by atoms with Gasteiger partial charge in [-0.2, -0.15) is 0 Å². The Balaban J connectivity index is 1.87. The fourth-order valence-corrected chi connectivity index (χ4v) is 2.87. The van der Waals surface area contributed by atoms with Crippen molar-refractivity contribution in [2.75, 3.05) is 16.8 Å². The number of carbonyl (C=O) groups excluding carboxylic acids is 2. The molecule has 7 nitrogen and oxygen atoms in total. The van der Waals surface area contributed by atoms with Gasteiger partial charge in [-0.3, -0.25) is 14.5 Å². The maximum absolute atomic E-state index is 12.7. The van der Waals surface area contributed by atoms with Crippen molar-refractivity contribution < 1.29 is 24.2 Å². The van der Waals surface area contributed by atoms with E-state index in [0.717, 1.165) is 0 Å². The molecule has 2 aromatic carbocycles. The minimum absolute atomic E-state index is 0.0319. The number of carbonyl (C=O) groups is 3. The number of hydrogen-bond acceptors (Lipinski definition) is 4. The molecular weight excluding hydrogens is 372 g/mol. The molecule has 0 unspecified atom stereocenters. The first-order chi connectivity index (χ1) is 12.7. The maximum atomic E-state index is 12.7. The molecular formula is C19H17ClN2O5. The highest BCUT2D eigenvalue weighted by Gasteiger charge is 2.41. The number of nitrogens with one attached hydrogen (secondary N) is 1. The Hall–Kier alpha value is -3.06. The smallest absolute Gasteiger partial charge is 0.335 e. The third-order valence-corrected chi connectivity index (χ3v) is 4.30. The summed E-state index contributed by atoms with van der Waals surface area (Å²) in [6, 6.07) is 10.8. The van der Waals surface area contributed by atoms with Crippen molar-refractivity contribution in [2.24, 2.45) is 0 Å². The lowest BCUT2D eigenvalue weighted by Gasteiger charge is -2.38. The molecule has 0 atom stereocenters. The molecule has 1 aliphatic rings. The Morgan fingerprint density at radius 2 is 1.85 bits per heavy atom. The largest absolute Gasteiger partial charge is 0.478 e. The maximum Gasteiger partial charge on any atom is 0.335 e. The van der Waals surface area contributed by atoms with Gasteiger partial charge in [-0.15, -0.1) is 0 Å². The minimum atomic E-state index is -1.23. The number of anilines is 2. The SMILES string of the molecule is CC1(C)Oc2cc(C(=O)O)ccc2N(CC(=O)Nc2ccc(Cl)cc2)C1=O. The van der Waals surface area contributed by atoms with Gasteiger partial charge < -0.3 is 15.2 Å². The summed E-state index contributed by atoms with van der Waals surface area (Å²) in [6.45, 7) is 2.89. The van der Waals surface area contributed by atoms with Crippen LogP contribution in [0.3, 0.4) is 0 Å². The lowest BCUT2D eigenvalue weighted by molar-refractivity contribution is -0.133. The molecule has 8 heteroatoms. The third-order valence-electron chi connectivity index (χ3n) is 4.05. The van der Waals surface area contributed by atoms with E-state index in [9.17, 15) is 14.4 Å². The van der Waals surface area contributed by atoms with Crippen LogP contribution in [0.4, 0.5) is 11.4 Å². The second-order valence-corrected chi connectivity index (χ2v) is 6.98. The molecule has 0 spiro atoms. The Morgan fingerprint density at radius 3 is 2.48 bits per heavy atom. The fourth-order valence-electron chi connectivity index (χ4n) is 2.74. The summed E-state index contributed by atoms with van der Waals surface area (Å²) in [5, 5.41) is 12.4. The summed E-state index contributed by atoms with van der Waals surface area (Å²) >= 11 is 5.82. The summed E-state index contributed by atoms with van der Waals surface area (Å²) in [4.78, 5) is 37.7. The van der Waals surface area contributed by atoms with Crippen molar-refractivity contribution in [3.63, 3.8) is 0 Å². The van der Waals surface area contributed by atoms with Crippen LogP contribution in [0.2, 0.25) is 5.02 Å². The van der Waals surface area contributed by atoms with E-state index in [1.165, 1.54) is 23.1 Å². The van der Waals surface area contributed by atoms with Gasteiger partial charge in [0.25, 0.3) is 5.91 Å². The Bertz CT molecular complexity index is 924. The van der Waals surface area contributed by atoms with E-state index in [-0.39, 0.29) is 17.9 Å². The van der Waals surface area contributed by atoms with E-state index in [0.29, 0.717) is 16.4 Å². The molecule has 27 heavy (non-hydrogen) atoms. The van der Waals surface area contributed by atoms with Crippen LogP contribution in [0.25, 0.3) is 0 Å². The van der Waals surface area contributed by atoms with E-state index in [2.05, 4.69) is 5.32 Å². The van der Waals surface area contributed by atoms with Crippen molar-refractivity contribution in [2.45, 2.75) is 19.4 Å². The molecule has 1 heterocycles. The Morgan fingerprint density at radius 1 is 1.19 bits per heavy atom. The van der Waals surface area contributed by atoms with Gasteiger partial charge in [-0.1, -0.05) is 11.6 Å². The van der Waals surface area contributed by atoms with Gasteiger partial charge >= 0.3 is 5.97 Å². The number of aromatic carboxylic acids is 1. The second kappa shape index (κ2) is 6.92. The van der Waals surface area contributed by atoms with Crippen LogP contribution in [-0.4, -0.2) is 35.0 Å². The summed E-state index contributed by atoms with van der Waals surface area (Å²) in [5.41, 5.74) is -0.309. The Labute approximate surface area is 160 Å². The first kappa shape index (κ1) is 18.7. The lowest BCUT2D eigenvalue weighted by atomic mass is 10.0. The van der Waals surface area contributed by atoms with E-state index in [4.69, 9.17) is 21.4 Å². The average Bonchev–Trinajstić information content (AvgIpc) is 2.60. The highest BCUT2D eigenvalue weighted by atomic mass is 35.5. The van der Waals surface area contributed by atoms with Crippen LogP contribution in [-0.2, 0) is 9.59 Å². The normalized spacial score (nSPS) is 14.9. The summed E-state index contributed by atoms with van der Waals surface area (Å²) < 4.78 is 5.66. The first-order valence-corrected chi connectivity index (χ1v) is 8.49. The first-order valence-electron chi connectivity index (χ1n) is 8.11. The van der Waals surface area contributed by atoms with Gasteiger partial charge in [0.2, 0.25) is 5.91 Å². The summed E-state index contributed by atoms with van der Waals surface area (Å²) in [7, 11) is 0. The van der Waals surface area contributed by atoms with E-state index >= 15 is 0 Å². The van der Waals surface area contributed by atoms with Crippen molar-refractivity contribution in [1.82, 2.24) is 0 Å². The fraction of sp³-hybridized carbons (Fsp3) is 0.211. The van der Waals surface area contributed by atoms with Crippen LogP contribution >= 0.6 is 11.6 Å². The topological polar surface area (TPSA) is 95.9 Å². The monoisotopic (exact) mass is 388 g/mol. The number of ether oxygens (including phenoxy) is 1. The molecule has 2 amide bonds. The van der Waals surface area contributed by atoms with Gasteiger partial charge in [-0.25, -0.2) is 4.79 Å². The molecule has 2 N–H and O–H groups in total. The Kier molecular flexibility index (Phi) is 4.80. The molecule has 0 aliphatic carbocycles. The van der Waals surface area contributed by atoms with Gasteiger partial charge in [0.05, 0.1) is 11.3 Å². The zero-order chi connectivity index (χ0) is 19.8. The molecule has 140 valence electrons. The molecule has 0 bridgehead atoms. The molecule has 3 rings (SSSR count). The van der Waals surface area contributed by atoms with Crippen molar-refractivity contribution in [3.05, 3.63) is 53.1 Å². The zero-order valence-corrected chi connectivity index (χ0v) is 15.4. The van der Waals surface area contributed by atoms with E-state index in [1.54, 1.807) is 38.1 Å². The highest BCUT2D eigenvalue weighted by Crippen LogP contribution is 2.38. The number of carboxylic acid groups (broad SMARTS) is 1. The molecule has 0 saturated heterocycles. The van der Waals surface area contributed by atoms with Crippen LogP contribution in [0.1, 0.15) is 24.2 Å². The number of rotatable bonds is 4. The molecule has 0 saturated carbocycles. The van der Waals surface area contributed by atoms with Gasteiger partial charge in [0.15, 0.2) is 5.60 Å². The van der Waals surface area contributed by atoms with Crippen LogP contribution in [0.15, 0.2) is 42.5 Å². The van der Waals surface area contributed by atoms with Crippen molar-refractivity contribution in [1.29, 1.82) is 0 Å².